The number of rotatable bonds is 6. The Bertz CT molecular complexity index is 621. The number of carboxylic acid groups (broad SMARTS) is 1. The minimum absolute atomic E-state index is 0.151. The van der Waals surface area contributed by atoms with E-state index in [1.807, 2.05) is 24.4 Å². The molecule has 0 radical (unpaired) electrons. The number of aliphatic carboxylic acids is 1. The summed E-state index contributed by atoms with van der Waals surface area (Å²) in [5.74, 6) is -1.67. The van der Waals surface area contributed by atoms with Crippen LogP contribution in [0.2, 0.25) is 0 Å². The van der Waals surface area contributed by atoms with Crippen molar-refractivity contribution in [2.45, 2.75) is 26.3 Å². The fourth-order valence-corrected chi connectivity index (χ4v) is 2.59. The molecule has 2 aromatic rings. The maximum Gasteiger partial charge on any atom is 0.326 e. The molecular formula is C14H17N3O3S. The van der Waals surface area contributed by atoms with Crippen molar-refractivity contribution >= 4 is 23.2 Å². The Morgan fingerprint density at radius 1 is 1.52 bits per heavy atom. The van der Waals surface area contributed by atoms with Crippen LogP contribution >= 0.6 is 11.3 Å². The van der Waals surface area contributed by atoms with Crippen LogP contribution in [0, 0.1) is 5.92 Å². The molecule has 7 heteroatoms. The van der Waals surface area contributed by atoms with Crippen molar-refractivity contribution < 1.29 is 14.7 Å². The number of nitrogens with one attached hydrogen (secondary N) is 2. The van der Waals surface area contributed by atoms with Gasteiger partial charge in [0.25, 0.3) is 5.91 Å². The van der Waals surface area contributed by atoms with Gasteiger partial charge in [-0.1, -0.05) is 26.3 Å². The summed E-state index contributed by atoms with van der Waals surface area (Å²) in [7, 11) is 0. The third kappa shape index (κ3) is 3.49. The van der Waals surface area contributed by atoms with Gasteiger partial charge in [-0.3, -0.25) is 9.89 Å². The quantitative estimate of drug-likeness (QED) is 0.763. The summed E-state index contributed by atoms with van der Waals surface area (Å²) in [5.41, 5.74) is 0.929. The van der Waals surface area contributed by atoms with Crippen molar-refractivity contribution in [3.63, 3.8) is 0 Å². The minimum atomic E-state index is -1.04. The van der Waals surface area contributed by atoms with Gasteiger partial charge >= 0.3 is 5.97 Å². The maximum atomic E-state index is 12.1. The molecule has 0 saturated carbocycles. The normalized spacial score (nSPS) is 13.6. The second-order valence-electron chi connectivity index (χ2n) is 4.82. The molecule has 1 amide bonds. The van der Waals surface area contributed by atoms with Gasteiger partial charge in [-0.15, -0.1) is 11.3 Å². The topological polar surface area (TPSA) is 95.1 Å². The van der Waals surface area contributed by atoms with E-state index < -0.39 is 17.9 Å². The van der Waals surface area contributed by atoms with Gasteiger partial charge in [0.2, 0.25) is 0 Å². The summed E-state index contributed by atoms with van der Waals surface area (Å²) in [4.78, 5) is 24.3. The SMILES string of the molecule is CC[C@H](C)[C@H](NC(=O)c1cc(-c2cccs2)[nH]n1)C(=O)O. The molecule has 0 saturated heterocycles. The van der Waals surface area contributed by atoms with Crippen LogP contribution in [0.1, 0.15) is 30.8 Å². The summed E-state index contributed by atoms with van der Waals surface area (Å²) in [5, 5.41) is 20.4. The molecule has 0 aliphatic carbocycles. The largest absolute Gasteiger partial charge is 0.480 e. The van der Waals surface area contributed by atoms with Crippen LogP contribution in [-0.2, 0) is 4.79 Å². The first kappa shape index (κ1) is 15.2. The Kier molecular flexibility index (Phi) is 4.74. The number of H-pyrrole nitrogens is 1. The van der Waals surface area contributed by atoms with E-state index in [4.69, 9.17) is 0 Å². The number of amides is 1. The molecule has 0 aliphatic heterocycles. The van der Waals surface area contributed by atoms with Crippen LogP contribution in [-0.4, -0.2) is 33.2 Å². The maximum absolute atomic E-state index is 12.1. The highest BCUT2D eigenvalue weighted by molar-refractivity contribution is 7.13. The molecule has 0 spiro atoms. The molecule has 112 valence electrons. The minimum Gasteiger partial charge on any atom is -0.480 e. The van der Waals surface area contributed by atoms with Gasteiger partial charge in [0.1, 0.15) is 6.04 Å². The van der Waals surface area contributed by atoms with E-state index in [-0.39, 0.29) is 11.6 Å². The Hall–Kier alpha value is -2.15. The third-order valence-electron chi connectivity index (χ3n) is 3.36. The molecule has 3 N–H and O–H groups in total. The molecule has 0 bridgehead atoms. The number of nitrogens with zero attached hydrogens (tertiary/aromatic N) is 1. The Balaban J connectivity index is 2.11. The summed E-state index contributed by atoms with van der Waals surface area (Å²) >= 11 is 1.53. The third-order valence-corrected chi connectivity index (χ3v) is 4.27. The molecule has 0 unspecified atom stereocenters. The van der Waals surface area contributed by atoms with Crippen LogP contribution in [0.4, 0.5) is 0 Å². The van der Waals surface area contributed by atoms with E-state index >= 15 is 0 Å². The van der Waals surface area contributed by atoms with Crippen LogP contribution in [0.5, 0.6) is 0 Å². The van der Waals surface area contributed by atoms with Crippen LogP contribution < -0.4 is 5.32 Å². The highest BCUT2D eigenvalue weighted by atomic mass is 32.1. The number of carbonyl (C=O) groups is 2. The van der Waals surface area contributed by atoms with E-state index in [0.29, 0.717) is 6.42 Å². The summed E-state index contributed by atoms with van der Waals surface area (Å²) in [6, 6.07) is 4.53. The zero-order valence-electron chi connectivity index (χ0n) is 11.8. The van der Waals surface area contributed by atoms with Gasteiger partial charge in [0, 0.05) is 0 Å². The molecule has 2 aromatic heterocycles. The van der Waals surface area contributed by atoms with Gasteiger partial charge < -0.3 is 10.4 Å². The number of carbonyl (C=O) groups excluding carboxylic acids is 1. The van der Waals surface area contributed by atoms with Gasteiger partial charge in [-0.2, -0.15) is 5.10 Å². The first-order chi connectivity index (χ1) is 10.0. The van der Waals surface area contributed by atoms with Crippen molar-refractivity contribution in [2.24, 2.45) is 5.92 Å². The smallest absolute Gasteiger partial charge is 0.326 e. The predicted octanol–water partition coefficient (Wildman–Crippen LogP) is 2.37. The number of hydrogen-bond acceptors (Lipinski definition) is 4. The Morgan fingerprint density at radius 2 is 2.29 bits per heavy atom. The average molecular weight is 307 g/mol. The van der Waals surface area contributed by atoms with E-state index in [1.165, 1.54) is 11.3 Å². The lowest BCUT2D eigenvalue weighted by molar-refractivity contribution is -0.140. The standard InChI is InChI=1S/C14H17N3O3S/c1-3-8(2)12(14(19)20)15-13(18)10-7-9(16-17-10)11-5-4-6-21-11/h4-8,12H,3H2,1-2H3,(H,15,18)(H,16,17)(H,19,20)/t8-,12-/m0/s1. The number of aromatic amines is 1. The molecule has 0 fully saturated rings. The van der Waals surface area contributed by atoms with E-state index in [9.17, 15) is 14.7 Å². The monoisotopic (exact) mass is 307 g/mol. The Morgan fingerprint density at radius 3 is 2.86 bits per heavy atom. The Labute approximate surface area is 126 Å². The number of hydrogen-bond donors (Lipinski definition) is 3. The van der Waals surface area contributed by atoms with Gasteiger partial charge in [-0.25, -0.2) is 4.79 Å². The molecule has 6 nitrogen and oxygen atoms in total. The van der Waals surface area contributed by atoms with Crippen LogP contribution in [0.15, 0.2) is 23.6 Å². The second kappa shape index (κ2) is 6.53. The van der Waals surface area contributed by atoms with Crippen molar-refractivity contribution in [1.29, 1.82) is 0 Å². The molecule has 0 aromatic carbocycles. The van der Waals surface area contributed by atoms with E-state index in [0.717, 1.165) is 10.6 Å². The number of aromatic nitrogens is 2. The lowest BCUT2D eigenvalue weighted by atomic mass is 9.99. The first-order valence-electron chi connectivity index (χ1n) is 6.65. The van der Waals surface area contributed by atoms with Crippen molar-refractivity contribution in [3.05, 3.63) is 29.3 Å². The lowest BCUT2D eigenvalue weighted by Crippen LogP contribution is -2.45. The van der Waals surface area contributed by atoms with Crippen molar-refractivity contribution in [3.8, 4) is 10.6 Å². The average Bonchev–Trinajstić information content (AvgIpc) is 3.12. The van der Waals surface area contributed by atoms with E-state index in [1.54, 1.807) is 13.0 Å². The van der Waals surface area contributed by atoms with Crippen molar-refractivity contribution in [1.82, 2.24) is 15.5 Å². The fraction of sp³-hybridized carbons (Fsp3) is 0.357. The molecular weight excluding hydrogens is 290 g/mol. The van der Waals surface area contributed by atoms with Crippen LogP contribution in [0.3, 0.4) is 0 Å². The van der Waals surface area contributed by atoms with Gasteiger partial charge in [0.15, 0.2) is 5.69 Å². The van der Waals surface area contributed by atoms with E-state index in [2.05, 4.69) is 15.5 Å². The number of thiophene rings is 1. The molecule has 21 heavy (non-hydrogen) atoms. The lowest BCUT2D eigenvalue weighted by Gasteiger charge is -2.19. The van der Waals surface area contributed by atoms with Crippen LogP contribution in [0.25, 0.3) is 10.6 Å². The molecule has 2 heterocycles. The zero-order valence-corrected chi connectivity index (χ0v) is 12.6. The van der Waals surface area contributed by atoms with Crippen molar-refractivity contribution in [2.75, 3.05) is 0 Å². The highest BCUT2D eigenvalue weighted by Gasteiger charge is 2.26. The van der Waals surface area contributed by atoms with Gasteiger partial charge in [0.05, 0.1) is 10.6 Å². The fourth-order valence-electron chi connectivity index (χ4n) is 1.89. The molecule has 2 rings (SSSR count). The molecule has 0 aliphatic rings. The molecule has 2 atom stereocenters. The predicted molar refractivity (Wildman–Crippen MR) is 80.2 cm³/mol. The summed E-state index contributed by atoms with van der Waals surface area (Å²) < 4.78 is 0. The first-order valence-corrected chi connectivity index (χ1v) is 7.53. The highest BCUT2D eigenvalue weighted by Crippen LogP contribution is 2.23. The zero-order chi connectivity index (χ0) is 15.4. The second-order valence-corrected chi connectivity index (χ2v) is 5.77. The summed E-state index contributed by atoms with van der Waals surface area (Å²) in [6.07, 6.45) is 0.665. The number of carboxylic acids is 1. The van der Waals surface area contributed by atoms with Gasteiger partial charge in [-0.05, 0) is 23.4 Å². The summed E-state index contributed by atoms with van der Waals surface area (Å²) in [6.45, 7) is 3.68.